The molecule has 7 heteroatoms. The summed E-state index contributed by atoms with van der Waals surface area (Å²) >= 11 is 0. The summed E-state index contributed by atoms with van der Waals surface area (Å²) in [5.41, 5.74) is 0.707. The van der Waals surface area contributed by atoms with Crippen LogP contribution in [0.25, 0.3) is 0 Å². The van der Waals surface area contributed by atoms with E-state index in [-0.39, 0.29) is 23.3 Å². The Kier molecular flexibility index (Phi) is 5.62. The maximum atomic E-state index is 12.8. The number of aryl methyl sites for hydroxylation is 1. The lowest BCUT2D eigenvalue weighted by atomic mass is 9.72. The molecule has 3 saturated heterocycles. The molecule has 0 N–H and O–H groups in total. The van der Waals surface area contributed by atoms with Gasteiger partial charge in [-0.2, -0.15) is 0 Å². The van der Waals surface area contributed by atoms with Crippen LogP contribution in [0, 0.1) is 5.41 Å². The van der Waals surface area contributed by atoms with E-state index in [2.05, 4.69) is 9.97 Å². The lowest BCUT2D eigenvalue weighted by molar-refractivity contribution is -0.141. The summed E-state index contributed by atoms with van der Waals surface area (Å²) in [6, 6.07) is 0. The number of hydrogen-bond acceptors (Lipinski definition) is 5. The first-order valence-corrected chi connectivity index (χ1v) is 10.6. The second-order valence-corrected chi connectivity index (χ2v) is 8.44. The summed E-state index contributed by atoms with van der Waals surface area (Å²) in [5, 5.41) is 0. The maximum absolute atomic E-state index is 12.8. The standard InChI is InChI=1S/C21H30N4O3/c1-2-18-22-12-16(13-23-18)20(27)24-9-7-21(8-10-24)6-5-19(26)25(15-21)14-17-4-3-11-28-17/h12-13,17H,2-11,14-15H2,1H3. The fourth-order valence-electron chi connectivity index (χ4n) is 4.73. The molecule has 0 aromatic carbocycles. The first-order chi connectivity index (χ1) is 13.6. The van der Waals surface area contributed by atoms with E-state index in [9.17, 15) is 9.59 Å². The summed E-state index contributed by atoms with van der Waals surface area (Å²) < 4.78 is 5.74. The second-order valence-electron chi connectivity index (χ2n) is 8.44. The van der Waals surface area contributed by atoms with E-state index < -0.39 is 0 Å². The van der Waals surface area contributed by atoms with Crippen LogP contribution in [0.2, 0.25) is 0 Å². The smallest absolute Gasteiger partial charge is 0.256 e. The van der Waals surface area contributed by atoms with Crippen LogP contribution in [-0.2, 0) is 16.0 Å². The average molecular weight is 386 g/mol. The highest BCUT2D eigenvalue weighted by molar-refractivity contribution is 5.93. The minimum atomic E-state index is 0.0144. The number of amides is 2. The van der Waals surface area contributed by atoms with Gasteiger partial charge < -0.3 is 14.5 Å². The lowest BCUT2D eigenvalue weighted by Crippen LogP contribution is -2.53. The number of carbonyl (C=O) groups is 2. The molecule has 4 rings (SSSR count). The van der Waals surface area contributed by atoms with E-state index >= 15 is 0 Å². The zero-order chi connectivity index (χ0) is 19.6. The third-order valence-electron chi connectivity index (χ3n) is 6.58. The zero-order valence-corrected chi connectivity index (χ0v) is 16.7. The third kappa shape index (κ3) is 4.04. The molecule has 7 nitrogen and oxygen atoms in total. The normalized spacial score (nSPS) is 24.8. The van der Waals surface area contributed by atoms with Crippen LogP contribution in [-0.4, -0.2) is 70.5 Å². The fourth-order valence-corrected chi connectivity index (χ4v) is 4.73. The van der Waals surface area contributed by atoms with Crippen molar-refractivity contribution >= 4 is 11.8 Å². The molecule has 1 unspecified atom stereocenters. The maximum Gasteiger partial charge on any atom is 0.256 e. The van der Waals surface area contributed by atoms with E-state index in [0.717, 1.165) is 77.1 Å². The number of carbonyl (C=O) groups excluding carboxylic acids is 2. The van der Waals surface area contributed by atoms with E-state index in [1.165, 1.54) is 0 Å². The van der Waals surface area contributed by atoms with Crippen LogP contribution >= 0.6 is 0 Å². The highest BCUT2D eigenvalue weighted by Gasteiger charge is 2.42. The van der Waals surface area contributed by atoms with Gasteiger partial charge in [-0.05, 0) is 37.5 Å². The first kappa shape index (κ1) is 19.3. The van der Waals surface area contributed by atoms with Gasteiger partial charge >= 0.3 is 0 Å². The largest absolute Gasteiger partial charge is 0.376 e. The molecule has 0 aliphatic carbocycles. The van der Waals surface area contributed by atoms with Gasteiger partial charge in [0.2, 0.25) is 5.91 Å². The highest BCUT2D eigenvalue weighted by atomic mass is 16.5. The molecule has 0 radical (unpaired) electrons. The Morgan fingerprint density at radius 3 is 2.64 bits per heavy atom. The molecule has 3 fully saturated rings. The number of piperidine rings is 2. The molecule has 28 heavy (non-hydrogen) atoms. The van der Waals surface area contributed by atoms with Crippen molar-refractivity contribution in [2.24, 2.45) is 5.41 Å². The third-order valence-corrected chi connectivity index (χ3v) is 6.58. The summed E-state index contributed by atoms with van der Waals surface area (Å²) in [4.78, 5) is 37.6. The molecule has 1 aromatic rings. The van der Waals surface area contributed by atoms with Crippen molar-refractivity contribution in [1.82, 2.24) is 19.8 Å². The number of likely N-dealkylation sites (tertiary alicyclic amines) is 2. The van der Waals surface area contributed by atoms with Crippen LogP contribution in [0.4, 0.5) is 0 Å². The predicted molar refractivity (Wildman–Crippen MR) is 104 cm³/mol. The highest BCUT2D eigenvalue weighted by Crippen LogP contribution is 2.40. The van der Waals surface area contributed by atoms with Gasteiger partial charge in [0.15, 0.2) is 0 Å². The van der Waals surface area contributed by atoms with E-state index in [1.54, 1.807) is 12.4 Å². The second kappa shape index (κ2) is 8.15. The van der Waals surface area contributed by atoms with Crippen LogP contribution < -0.4 is 0 Å². The molecule has 152 valence electrons. The Balaban J connectivity index is 1.35. The molecule has 0 saturated carbocycles. The van der Waals surface area contributed by atoms with Crippen LogP contribution in [0.3, 0.4) is 0 Å². The zero-order valence-electron chi connectivity index (χ0n) is 16.7. The van der Waals surface area contributed by atoms with Gasteiger partial charge in [0.05, 0.1) is 11.7 Å². The van der Waals surface area contributed by atoms with Crippen molar-refractivity contribution in [2.75, 3.05) is 32.8 Å². The molecule has 4 heterocycles. The van der Waals surface area contributed by atoms with Gasteiger partial charge in [-0.1, -0.05) is 6.92 Å². The van der Waals surface area contributed by atoms with Crippen LogP contribution in [0.5, 0.6) is 0 Å². The SMILES string of the molecule is CCc1ncc(C(=O)N2CCC3(CCC(=O)N(CC4CCCO4)C3)CC2)cn1. The Morgan fingerprint density at radius 2 is 2.00 bits per heavy atom. The van der Waals surface area contributed by atoms with Gasteiger partial charge in [-0.15, -0.1) is 0 Å². The number of rotatable bonds is 4. The molecule has 3 aliphatic rings. The van der Waals surface area contributed by atoms with Crippen LogP contribution in [0.1, 0.15) is 61.6 Å². The Bertz CT molecular complexity index is 707. The average Bonchev–Trinajstić information content (AvgIpc) is 3.24. The number of hydrogen-bond donors (Lipinski definition) is 0. The topological polar surface area (TPSA) is 75.6 Å². The molecule has 3 aliphatic heterocycles. The van der Waals surface area contributed by atoms with E-state index in [4.69, 9.17) is 4.74 Å². The molecule has 1 aromatic heterocycles. The molecule has 1 spiro atoms. The molecular formula is C21H30N4O3. The fraction of sp³-hybridized carbons (Fsp3) is 0.714. The predicted octanol–water partition coefficient (Wildman–Crippen LogP) is 2.06. The van der Waals surface area contributed by atoms with Crippen molar-refractivity contribution in [3.63, 3.8) is 0 Å². The van der Waals surface area contributed by atoms with Gasteiger partial charge in [-0.25, -0.2) is 9.97 Å². The molecule has 2 amide bonds. The van der Waals surface area contributed by atoms with E-state index in [0.29, 0.717) is 12.0 Å². The van der Waals surface area contributed by atoms with Crippen molar-refractivity contribution in [3.05, 3.63) is 23.8 Å². The number of ether oxygens (including phenoxy) is 1. The van der Waals surface area contributed by atoms with Crippen molar-refractivity contribution in [2.45, 2.75) is 58.0 Å². The minimum Gasteiger partial charge on any atom is -0.376 e. The quantitative estimate of drug-likeness (QED) is 0.792. The lowest BCUT2D eigenvalue weighted by Gasteiger charge is -2.47. The van der Waals surface area contributed by atoms with Gasteiger partial charge in [0.1, 0.15) is 5.82 Å². The first-order valence-electron chi connectivity index (χ1n) is 10.6. The molecule has 1 atom stereocenters. The van der Waals surface area contributed by atoms with Gasteiger partial charge in [-0.3, -0.25) is 9.59 Å². The minimum absolute atomic E-state index is 0.0144. The molecule has 0 bridgehead atoms. The summed E-state index contributed by atoms with van der Waals surface area (Å²) in [6.07, 6.45) is 9.84. The number of nitrogens with zero attached hydrogens (tertiary/aromatic N) is 4. The monoisotopic (exact) mass is 386 g/mol. The number of aromatic nitrogens is 2. The van der Waals surface area contributed by atoms with Crippen LogP contribution in [0.15, 0.2) is 12.4 Å². The molecular weight excluding hydrogens is 356 g/mol. The van der Waals surface area contributed by atoms with Crippen molar-refractivity contribution < 1.29 is 14.3 Å². The summed E-state index contributed by atoms with van der Waals surface area (Å²) in [6.45, 7) is 5.81. The van der Waals surface area contributed by atoms with Crippen molar-refractivity contribution in [3.8, 4) is 0 Å². The van der Waals surface area contributed by atoms with Gasteiger partial charge in [0, 0.05) is 58.0 Å². The Morgan fingerprint density at radius 1 is 1.25 bits per heavy atom. The Labute approximate surface area is 166 Å². The van der Waals surface area contributed by atoms with Crippen molar-refractivity contribution in [1.29, 1.82) is 0 Å². The van der Waals surface area contributed by atoms with Gasteiger partial charge in [0.25, 0.3) is 5.91 Å². The Hall–Kier alpha value is -2.02. The summed E-state index contributed by atoms with van der Waals surface area (Å²) in [5.74, 6) is 1.03. The van der Waals surface area contributed by atoms with E-state index in [1.807, 2.05) is 16.7 Å². The summed E-state index contributed by atoms with van der Waals surface area (Å²) in [7, 11) is 0.